The van der Waals surface area contributed by atoms with Crippen molar-refractivity contribution in [1.29, 1.82) is 0 Å². The Morgan fingerprint density at radius 3 is 2.24 bits per heavy atom. The number of hydrogen-bond acceptors (Lipinski definition) is 2. The zero-order valence-electron chi connectivity index (χ0n) is 14.1. The topological polar surface area (TPSA) is 15.3 Å². The number of unbranched alkanes of at least 4 members (excludes halogenated alkanes) is 3. The van der Waals surface area contributed by atoms with Gasteiger partial charge in [0.05, 0.1) is 0 Å². The van der Waals surface area contributed by atoms with E-state index in [0.29, 0.717) is 0 Å². The van der Waals surface area contributed by atoms with E-state index in [0.717, 1.165) is 24.7 Å². The molecule has 1 aromatic carbocycles. The molecule has 0 unspecified atom stereocenters. The van der Waals surface area contributed by atoms with Crippen LogP contribution < -0.4 is 5.32 Å². The van der Waals surface area contributed by atoms with E-state index in [1.165, 1.54) is 31.2 Å². The second kappa shape index (κ2) is 9.45. The van der Waals surface area contributed by atoms with Gasteiger partial charge in [-0.3, -0.25) is 0 Å². The maximum atomic E-state index is 5.90. The standard InChI is InChI=1S/C18H31ClN2/c1-18(2,3)20-13-7-5-6-8-14-21(4)15-16-9-11-17(19)12-10-16/h9-12,20H,5-8,13-15H2,1-4H3. The third-order valence-corrected chi connectivity index (χ3v) is 3.74. The summed E-state index contributed by atoms with van der Waals surface area (Å²) in [6.07, 6.45) is 5.19. The highest BCUT2D eigenvalue weighted by atomic mass is 35.5. The molecule has 0 amide bonds. The van der Waals surface area contributed by atoms with E-state index in [2.05, 4.69) is 50.2 Å². The van der Waals surface area contributed by atoms with Crippen molar-refractivity contribution in [3.05, 3.63) is 34.9 Å². The minimum atomic E-state index is 0.249. The van der Waals surface area contributed by atoms with Crippen LogP contribution in [0.1, 0.15) is 52.0 Å². The largest absolute Gasteiger partial charge is 0.312 e. The number of hydrogen-bond donors (Lipinski definition) is 1. The van der Waals surface area contributed by atoms with E-state index in [1.54, 1.807) is 0 Å². The molecule has 0 spiro atoms. The van der Waals surface area contributed by atoms with E-state index >= 15 is 0 Å². The third kappa shape index (κ3) is 9.89. The molecule has 0 aliphatic heterocycles. The fourth-order valence-electron chi connectivity index (χ4n) is 2.30. The van der Waals surface area contributed by atoms with Crippen LogP contribution in [0.4, 0.5) is 0 Å². The van der Waals surface area contributed by atoms with Gasteiger partial charge in [0.15, 0.2) is 0 Å². The summed E-state index contributed by atoms with van der Waals surface area (Å²) < 4.78 is 0. The van der Waals surface area contributed by atoms with Crippen molar-refractivity contribution in [2.45, 2.75) is 58.5 Å². The van der Waals surface area contributed by atoms with Gasteiger partial charge in [0.1, 0.15) is 0 Å². The first-order valence-electron chi connectivity index (χ1n) is 8.05. The summed E-state index contributed by atoms with van der Waals surface area (Å²) in [7, 11) is 2.19. The Bertz CT molecular complexity index is 381. The molecule has 0 bridgehead atoms. The molecule has 21 heavy (non-hydrogen) atoms. The van der Waals surface area contributed by atoms with Crippen LogP contribution >= 0.6 is 11.6 Å². The summed E-state index contributed by atoms with van der Waals surface area (Å²) in [5.74, 6) is 0. The Balaban J connectivity index is 2.03. The summed E-state index contributed by atoms with van der Waals surface area (Å²) in [4.78, 5) is 2.39. The lowest BCUT2D eigenvalue weighted by Gasteiger charge is -2.20. The summed E-state index contributed by atoms with van der Waals surface area (Å²) in [5, 5.41) is 4.35. The Morgan fingerprint density at radius 1 is 1.00 bits per heavy atom. The molecule has 3 heteroatoms. The van der Waals surface area contributed by atoms with E-state index in [-0.39, 0.29) is 5.54 Å². The first-order valence-corrected chi connectivity index (χ1v) is 8.43. The van der Waals surface area contributed by atoms with Crippen molar-refractivity contribution >= 4 is 11.6 Å². The number of nitrogens with zero attached hydrogens (tertiary/aromatic N) is 1. The fraction of sp³-hybridized carbons (Fsp3) is 0.667. The first-order chi connectivity index (χ1) is 9.87. The van der Waals surface area contributed by atoms with Crippen molar-refractivity contribution in [3.8, 4) is 0 Å². The Labute approximate surface area is 135 Å². The zero-order chi connectivity index (χ0) is 15.7. The minimum absolute atomic E-state index is 0.249. The monoisotopic (exact) mass is 310 g/mol. The smallest absolute Gasteiger partial charge is 0.0406 e. The van der Waals surface area contributed by atoms with Gasteiger partial charge in [-0.05, 0) is 71.4 Å². The Kier molecular flexibility index (Phi) is 8.31. The van der Waals surface area contributed by atoms with Crippen molar-refractivity contribution in [3.63, 3.8) is 0 Å². The van der Waals surface area contributed by atoms with Crippen LogP contribution in [0.5, 0.6) is 0 Å². The molecular weight excluding hydrogens is 280 g/mol. The highest BCUT2D eigenvalue weighted by molar-refractivity contribution is 6.30. The van der Waals surface area contributed by atoms with Gasteiger partial charge in [-0.15, -0.1) is 0 Å². The van der Waals surface area contributed by atoms with Crippen molar-refractivity contribution in [2.75, 3.05) is 20.1 Å². The number of nitrogens with one attached hydrogen (secondary N) is 1. The molecule has 0 aliphatic rings. The van der Waals surface area contributed by atoms with Crippen LogP contribution in [0.15, 0.2) is 24.3 Å². The lowest BCUT2D eigenvalue weighted by atomic mass is 10.1. The van der Waals surface area contributed by atoms with Crippen LogP contribution in [-0.4, -0.2) is 30.6 Å². The molecule has 1 aromatic rings. The van der Waals surface area contributed by atoms with Gasteiger partial charge in [-0.1, -0.05) is 36.6 Å². The summed E-state index contributed by atoms with van der Waals surface area (Å²) in [6.45, 7) is 9.96. The molecule has 0 radical (unpaired) electrons. The number of rotatable bonds is 9. The highest BCUT2D eigenvalue weighted by Gasteiger charge is 2.07. The lowest BCUT2D eigenvalue weighted by Crippen LogP contribution is -2.36. The molecule has 1 rings (SSSR count). The summed E-state index contributed by atoms with van der Waals surface area (Å²) in [6, 6.07) is 8.15. The fourth-order valence-corrected chi connectivity index (χ4v) is 2.43. The van der Waals surface area contributed by atoms with Crippen LogP contribution in [0, 0.1) is 0 Å². The average Bonchev–Trinajstić information content (AvgIpc) is 2.39. The predicted molar refractivity (Wildman–Crippen MR) is 94.0 cm³/mol. The summed E-state index contributed by atoms with van der Waals surface area (Å²) >= 11 is 5.90. The molecule has 0 saturated heterocycles. The van der Waals surface area contributed by atoms with Gasteiger partial charge in [0, 0.05) is 17.1 Å². The van der Waals surface area contributed by atoms with Gasteiger partial charge >= 0.3 is 0 Å². The molecule has 0 saturated carbocycles. The number of halogens is 1. The van der Waals surface area contributed by atoms with Crippen molar-refractivity contribution < 1.29 is 0 Å². The molecule has 0 aliphatic carbocycles. The normalized spacial score (nSPS) is 12.1. The molecule has 1 N–H and O–H groups in total. The van der Waals surface area contributed by atoms with Crippen LogP contribution in [0.25, 0.3) is 0 Å². The summed E-state index contributed by atoms with van der Waals surface area (Å²) in [5.41, 5.74) is 1.58. The molecule has 120 valence electrons. The SMILES string of the molecule is CN(CCCCCCNC(C)(C)C)Cc1ccc(Cl)cc1. The second-order valence-electron chi connectivity index (χ2n) is 6.96. The first kappa shape index (κ1) is 18.5. The van der Waals surface area contributed by atoms with E-state index in [9.17, 15) is 0 Å². The molecular formula is C18H31ClN2. The van der Waals surface area contributed by atoms with E-state index in [1.807, 2.05) is 12.1 Å². The van der Waals surface area contributed by atoms with Gasteiger partial charge in [-0.2, -0.15) is 0 Å². The lowest BCUT2D eigenvalue weighted by molar-refractivity contribution is 0.316. The van der Waals surface area contributed by atoms with Gasteiger partial charge < -0.3 is 10.2 Å². The Morgan fingerprint density at radius 2 is 1.62 bits per heavy atom. The van der Waals surface area contributed by atoms with Gasteiger partial charge in [0.2, 0.25) is 0 Å². The molecule has 0 fully saturated rings. The maximum absolute atomic E-state index is 5.90. The molecule has 0 aromatic heterocycles. The minimum Gasteiger partial charge on any atom is -0.312 e. The van der Waals surface area contributed by atoms with Crippen LogP contribution in [-0.2, 0) is 6.54 Å². The van der Waals surface area contributed by atoms with Crippen LogP contribution in [0.3, 0.4) is 0 Å². The Hall–Kier alpha value is -0.570. The molecule has 0 heterocycles. The number of benzene rings is 1. The molecule has 0 atom stereocenters. The highest BCUT2D eigenvalue weighted by Crippen LogP contribution is 2.11. The quantitative estimate of drug-likeness (QED) is 0.664. The zero-order valence-corrected chi connectivity index (χ0v) is 14.8. The van der Waals surface area contributed by atoms with Crippen LogP contribution in [0.2, 0.25) is 5.02 Å². The van der Waals surface area contributed by atoms with Crippen molar-refractivity contribution in [2.24, 2.45) is 0 Å². The second-order valence-corrected chi connectivity index (χ2v) is 7.39. The molecule has 2 nitrogen and oxygen atoms in total. The average molecular weight is 311 g/mol. The maximum Gasteiger partial charge on any atom is 0.0406 e. The van der Waals surface area contributed by atoms with Gasteiger partial charge in [-0.25, -0.2) is 0 Å². The predicted octanol–water partition coefficient (Wildman–Crippen LogP) is 4.72. The van der Waals surface area contributed by atoms with Crippen molar-refractivity contribution in [1.82, 2.24) is 10.2 Å². The van der Waals surface area contributed by atoms with E-state index < -0.39 is 0 Å². The third-order valence-electron chi connectivity index (χ3n) is 3.49. The van der Waals surface area contributed by atoms with Gasteiger partial charge in [0.25, 0.3) is 0 Å². The van der Waals surface area contributed by atoms with E-state index in [4.69, 9.17) is 11.6 Å².